The zero-order chi connectivity index (χ0) is 11.6. The van der Waals surface area contributed by atoms with Crippen molar-refractivity contribution in [3.8, 4) is 0 Å². The van der Waals surface area contributed by atoms with Crippen LogP contribution < -0.4 is 0 Å². The summed E-state index contributed by atoms with van der Waals surface area (Å²) < 4.78 is 10.0. The van der Waals surface area contributed by atoms with Crippen LogP contribution >= 0.6 is 15.9 Å². The number of ether oxygens (including phenoxy) is 2. The number of methoxy groups -OCH3 is 2. The van der Waals surface area contributed by atoms with E-state index in [0.717, 1.165) is 0 Å². The summed E-state index contributed by atoms with van der Waals surface area (Å²) in [6.07, 6.45) is -0.0393. The Bertz CT molecular complexity index is 227. The molecule has 0 saturated carbocycles. The standard InChI is InChI=1S/C10H18BrNO3/c1-10(2,11)9(13)12-5-7(14-3)8(6-12)15-4/h7-8H,5-6H2,1-4H3. The Labute approximate surface area is 99.0 Å². The van der Waals surface area contributed by atoms with Crippen molar-refractivity contribution in [3.63, 3.8) is 0 Å². The van der Waals surface area contributed by atoms with Crippen molar-refractivity contribution in [1.82, 2.24) is 4.90 Å². The quantitative estimate of drug-likeness (QED) is 0.725. The lowest BCUT2D eigenvalue weighted by Crippen LogP contribution is -2.41. The maximum absolute atomic E-state index is 12.0. The van der Waals surface area contributed by atoms with Crippen LogP contribution in [0.25, 0.3) is 0 Å². The summed E-state index contributed by atoms with van der Waals surface area (Å²) in [5.74, 6) is 0.0732. The molecule has 0 N–H and O–H groups in total. The molecule has 4 nitrogen and oxygen atoms in total. The number of carbonyl (C=O) groups excluding carboxylic acids is 1. The molecule has 1 aliphatic rings. The van der Waals surface area contributed by atoms with E-state index in [9.17, 15) is 4.79 Å². The van der Waals surface area contributed by atoms with E-state index in [2.05, 4.69) is 15.9 Å². The first-order valence-corrected chi connectivity index (χ1v) is 5.73. The number of amides is 1. The van der Waals surface area contributed by atoms with Gasteiger partial charge in [-0.15, -0.1) is 0 Å². The monoisotopic (exact) mass is 279 g/mol. The van der Waals surface area contributed by atoms with E-state index in [0.29, 0.717) is 13.1 Å². The van der Waals surface area contributed by atoms with E-state index in [1.807, 2.05) is 13.8 Å². The van der Waals surface area contributed by atoms with Crippen LogP contribution in [-0.2, 0) is 14.3 Å². The van der Waals surface area contributed by atoms with Gasteiger partial charge in [-0.05, 0) is 13.8 Å². The largest absolute Gasteiger partial charge is 0.377 e. The average molecular weight is 280 g/mol. The van der Waals surface area contributed by atoms with Gasteiger partial charge in [0.15, 0.2) is 0 Å². The highest BCUT2D eigenvalue weighted by molar-refractivity contribution is 9.10. The molecule has 1 saturated heterocycles. The second kappa shape index (κ2) is 4.80. The van der Waals surface area contributed by atoms with Gasteiger partial charge in [0.2, 0.25) is 5.91 Å². The van der Waals surface area contributed by atoms with Gasteiger partial charge in [0.05, 0.1) is 4.32 Å². The molecule has 2 atom stereocenters. The molecule has 0 bridgehead atoms. The summed E-state index contributed by atoms with van der Waals surface area (Å²) in [5, 5.41) is 0. The number of alkyl halides is 1. The van der Waals surface area contributed by atoms with Crippen molar-refractivity contribution in [1.29, 1.82) is 0 Å². The number of nitrogens with zero attached hydrogens (tertiary/aromatic N) is 1. The summed E-state index contributed by atoms with van der Waals surface area (Å²) in [4.78, 5) is 13.7. The second-order valence-electron chi connectivity index (χ2n) is 4.23. The number of rotatable bonds is 3. The Kier molecular flexibility index (Phi) is 4.14. The molecule has 5 heteroatoms. The minimum atomic E-state index is -0.520. The van der Waals surface area contributed by atoms with Crippen LogP contribution in [0.3, 0.4) is 0 Å². The third-order valence-electron chi connectivity index (χ3n) is 2.62. The fourth-order valence-corrected chi connectivity index (χ4v) is 1.99. The fraction of sp³-hybridized carbons (Fsp3) is 0.900. The molecule has 0 radical (unpaired) electrons. The van der Waals surface area contributed by atoms with E-state index < -0.39 is 4.32 Å². The van der Waals surface area contributed by atoms with E-state index in [4.69, 9.17) is 9.47 Å². The van der Waals surface area contributed by atoms with Crippen molar-refractivity contribution in [2.75, 3.05) is 27.3 Å². The average Bonchev–Trinajstić information content (AvgIpc) is 2.57. The Morgan fingerprint density at radius 2 is 1.67 bits per heavy atom. The molecule has 0 aromatic carbocycles. The number of hydrogen-bond acceptors (Lipinski definition) is 3. The van der Waals surface area contributed by atoms with Crippen molar-refractivity contribution in [2.45, 2.75) is 30.4 Å². The Balaban J connectivity index is 2.65. The first kappa shape index (κ1) is 12.9. The first-order chi connectivity index (χ1) is 6.90. The predicted octanol–water partition coefficient (Wildman–Crippen LogP) is 1.03. The molecular formula is C10H18BrNO3. The maximum atomic E-state index is 12.0. The molecule has 0 spiro atoms. The normalized spacial score (nSPS) is 27.1. The molecule has 1 amide bonds. The van der Waals surface area contributed by atoms with Crippen molar-refractivity contribution >= 4 is 21.8 Å². The zero-order valence-electron chi connectivity index (χ0n) is 9.62. The zero-order valence-corrected chi connectivity index (χ0v) is 11.2. The summed E-state index contributed by atoms with van der Waals surface area (Å²) in [7, 11) is 3.29. The first-order valence-electron chi connectivity index (χ1n) is 4.94. The molecule has 2 unspecified atom stereocenters. The maximum Gasteiger partial charge on any atom is 0.239 e. The van der Waals surface area contributed by atoms with Crippen molar-refractivity contribution in [2.24, 2.45) is 0 Å². The number of halogens is 1. The van der Waals surface area contributed by atoms with Gasteiger partial charge in [-0.3, -0.25) is 4.79 Å². The topological polar surface area (TPSA) is 38.8 Å². The summed E-state index contributed by atoms with van der Waals surface area (Å²) in [5.41, 5.74) is 0. The third-order valence-corrected chi connectivity index (χ3v) is 2.96. The lowest BCUT2D eigenvalue weighted by atomic mass is 10.2. The lowest BCUT2D eigenvalue weighted by molar-refractivity contribution is -0.132. The minimum absolute atomic E-state index is 0.0196. The Morgan fingerprint density at radius 3 is 1.93 bits per heavy atom. The molecule has 88 valence electrons. The molecule has 1 rings (SSSR count). The highest BCUT2D eigenvalue weighted by atomic mass is 79.9. The molecule has 0 aromatic rings. The van der Waals surface area contributed by atoms with Gasteiger partial charge in [0.1, 0.15) is 12.2 Å². The minimum Gasteiger partial charge on any atom is -0.377 e. The highest BCUT2D eigenvalue weighted by Crippen LogP contribution is 2.24. The predicted molar refractivity (Wildman–Crippen MR) is 61.2 cm³/mol. The van der Waals surface area contributed by atoms with E-state index in [-0.39, 0.29) is 18.1 Å². The molecule has 15 heavy (non-hydrogen) atoms. The molecular weight excluding hydrogens is 262 g/mol. The SMILES string of the molecule is COC1CN(C(=O)C(C)(C)Br)CC1OC. The highest BCUT2D eigenvalue weighted by Gasteiger charge is 2.39. The van der Waals surface area contributed by atoms with Gasteiger partial charge >= 0.3 is 0 Å². The van der Waals surface area contributed by atoms with E-state index in [1.165, 1.54) is 0 Å². The van der Waals surface area contributed by atoms with Crippen LogP contribution in [-0.4, -0.2) is 54.6 Å². The van der Waals surface area contributed by atoms with Gasteiger partial charge in [-0.1, -0.05) is 15.9 Å². The molecule has 1 aliphatic heterocycles. The number of carbonyl (C=O) groups is 1. The van der Waals surface area contributed by atoms with Crippen LogP contribution in [0, 0.1) is 0 Å². The molecule has 0 aromatic heterocycles. The fourth-order valence-electron chi connectivity index (χ4n) is 1.74. The van der Waals surface area contributed by atoms with Gasteiger partial charge in [0, 0.05) is 27.3 Å². The molecule has 0 aliphatic carbocycles. The summed E-state index contributed by atoms with van der Waals surface area (Å²) in [6, 6.07) is 0. The van der Waals surface area contributed by atoms with Gasteiger partial charge in [0.25, 0.3) is 0 Å². The van der Waals surface area contributed by atoms with Gasteiger partial charge in [-0.25, -0.2) is 0 Å². The van der Waals surface area contributed by atoms with Crippen LogP contribution in [0.5, 0.6) is 0 Å². The van der Waals surface area contributed by atoms with Gasteiger partial charge < -0.3 is 14.4 Å². The Hall–Kier alpha value is -0.130. The lowest BCUT2D eigenvalue weighted by Gasteiger charge is -2.23. The van der Waals surface area contributed by atoms with E-state index in [1.54, 1.807) is 19.1 Å². The van der Waals surface area contributed by atoms with Gasteiger partial charge in [-0.2, -0.15) is 0 Å². The molecule has 1 heterocycles. The smallest absolute Gasteiger partial charge is 0.239 e. The van der Waals surface area contributed by atoms with Crippen molar-refractivity contribution < 1.29 is 14.3 Å². The summed E-state index contributed by atoms with van der Waals surface area (Å²) >= 11 is 3.36. The number of likely N-dealkylation sites (tertiary alicyclic amines) is 1. The van der Waals surface area contributed by atoms with E-state index >= 15 is 0 Å². The molecule has 1 fully saturated rings. The number of hydrogen-bond donors (Lipinski definition) is 0. The van der Waals surface area contributed by atoms with Crippen LogP contribution in [0.4, 0.5) is 0 Å². The summed E-state index contributed by atoms with van der Waals surface area (Å²) in [6.45, 7) is 4.89. The second-order valence-corrected chi connectivity index (χ2v) is 6.21. The van der Waals surface area contributed by atoms with Crippen molar-refractivity contribution in [3.05, 3.63) is 0 Å². The third kappa shape index (κ3) is 2.92. The van der Waals surface area contributed by atoms with Crippen LogP contribution in [0.15, 0.2) is 0 Å². The van der Waals surface area contributed by atoms with Crippen LogP contribution in [0.1, 0.15) is 13.8 Å². The Morgan fingerprint density at radius 1 is 1.27 bits per heavy atom. The van der Waals surface area contributed by atoms with Crippen LogP contribution in [0.2, 0.25) is 0 Å².